The van der Waals surface area contributed by atoms with Gasteiger partial charge in [-0.3, -0.25) is 4.90 Å². The molecule has 206 valence electrons. The van der Waals surface area contributed by atoms with Crippen molar-refractivity contribution in [3.05, 3.63) is 72.4 Å². The lowest BCUT2D eigenvalue weighted by Gasteiger charge is -2.26. The van der Waals surface area contributed by atoms with Crippen LogP contribution in [-0.2, 0) is 26.4 Å². The molecule has 39 heavy (non-hydrogen) atoms. The quantitative estimate of drug-likeness (QED) is 0.347. The third-order valence-corrected chi connectivity index (χ3v) is 9.70. The Balaban J connectivity index is 1.33. The van der Waals surface area contributed by atoms with E-state index < -0.39 is 25.4 Å². The van der Waals surface area contributed by atoms with Gasteiger partial charge in [-0.05, 0) is 62.7 Å². The molecule has 10 nitrogen and oxygen atoms in total. The van der Waals surface area contributed by atoms with Crippen LogP contribution in [0.25, 0.3) is 16.8 Å². The molecule has 1 fully saturated rings. The molecule has 0 unspecified atom stereocenters. The van der Waals surface area contributed by atoms with Gasteiger partial charge >= 0.3 is 0 Å². The molecule has 4 aromatic rings. The summed E-state index contributed by atoms with van der Waals surface area (Å²) in [7, 11) is -6.58. The molecule has 2 N–H and O–H groups in total. The standard InChI is InChI=1S/C27H32N6O4S2/c1-27(2,3)31-39(36,37)24-6-4-5-21(17-24)25-12-11-23-18-28-26(30-33(23)25)29-22-9-7-20(8-10-22)19-32-13-15-38(34,35)16-14-32/h4-12,17-18,31H,13-16,19H2,1-3H3,(H,29,30). The number of nitrogens with one attached hydrogen (secondary N) is 2. The summed E-state index contributed by atoms with van der Waals surface area (Å²) in [6.45, 7) is 7.21. The monoisotopic (exact) mass is 568 g/mol. The highest BCUT2D eigenvalue weighted by Gasteiger charge is 2.23. The number of hydrogen-bond acceptors (Lipinski definition) is 8. The molecule has 2 aromatic heterocycles. The van der Waals surface area contributed by atoms with Crippen LogP contribution in [0.1, 0.15) is 26.3 Å². The highest BCUT2D eigenvalue weighted by molar-refractivity contribution is 7.91. The smallest absolute Gasteiger partial charge is 0.245 e. The van der Waals surface area contributed by atoms with Gasteiger partial charge in [-0.25, -0.2) is 31.1 Å². The van der Waals surface area contributed by atoms with Crippen LogP contribution in [0, 0.1) is 0 Å². The summed E-state index contributed by atoms with van der Waals surface area (Å²) in [5.41, 5.74) is 3.54. The Hall–Kier alpha value is -3.32. The Morgan fingerprint density at radius 3 is 2.38 bits per heavy atom. The van der Waals surface area contributed by atoms with Crippen molar-refractivity contribution in [1.29, 1.82) is 0 Å². The van der Waals surface area contributed by atoms with Gasteiger partial charge in [0.05, 0.1) is 33.8 Å². The van der Waals surface area contributed by atoms with Gasteiger partial charge < -0.3 is 5.32 Å². The summed E-state index contributed by atoms with van der Waals surface area (Å²) < 4.78 is 53.5. The van der Waals surface area contributed by atoms with E-state index >= 15 is 0 Å². The molecular weight excluding hydrogens is 536 g/mol. The summed E-state index contributed by atoms with van der Waals surface area (Å²) in [5.74, 6) is 0.816. The molecule has 0 atom stereocenters. The number of fused-ring (bicyclic) bond motifs is 1. The Bertz CT molecular complexity index is 1700. The van der Waals surface area contributed by atoms with Gasteiger partial charge in [-0.15, -0.1) is 5.10 Å². The zero-order valence-corrected chi connectivity index (χ0v) is 23.8. The van der Waals surface area contributed by atoms with Crippen LogP contribution in [0.3, 0.4) is 0 Å². The third-order valence-electron chi connectivity index (χ3n) is 6.33. The maximum atomic E-state index is 12.9. The molecule has 5 rings (SSSR count). The number of hydrogen-bond donors (Lipinski definition) is 2. The second kappa shape index (κ2) is 10.3. The summed E-state index contributed by atoms with van der Waals surface area (Å²) >= 11 is 0. The first-order valence-electron chi connectivity index (χ1n) is 12.6. The van der Waals surface area contributed by atoms with Gasteiger partial charge in [-0.1, -0.05) is 24.3 Å². The minimum absolute atomic E-state index is 0.184. The van der Waals surface area contributed by atoms with Crippen LogP contribution in [0.5, 0.6) is 0 Å². The molecule has 0 saturated carbocycles. The first-order chi connectivity index (χ1) is 18.4. The third kappa shape index (κ3) is 6.64. The predicted octanol–water partition coefficient (Wildman–Crippen LogP) is 3.45. The van der Waals surface area contributed by atoms with Crippen molar-refractivity contribution in [3.8, 4) is 11.3 Å². The lowest BCUT2D eigenvalue weighted by atomic mass is 10.1. The van der Waals surface area contributed by atoms with Gasteiger partial charge in [0.2, 0.25) is 16.0 Å². The molecule has 0 aliphatic carbocycles. The van der Waals surface area contributed by atoms with Crippen LogP contribution in [0.15, 0.2) is 71.8 Å². The van der Waals surface area contributed by atoms with E-state index in [1.165, 1.54) is 0 Å². The van der Waals surface area contributed by atoms with Crippen LogP contribution in [0.4, 0.5) is 11.6 Å². The van der Waals surface area contributed by atoms with Gasteiger partial charge in [0.25, 0.3) is 0 Å². The molecule has 0 radical (unpaired) electrons. The maximum Gasteiger partial charge on any atom is 0.245 e. The first-order valence-corrected chi connectivity index (χ1v) is 16.0. The Morgan fingerprint density at radius 2 is 1.69 bits per heavy atom. The number of benzene rings is 2. The minimum Gasteiger partial charge on any atom is -0.323 e. The van der Waals surface area contributed by atoms with Crippen molar-refractivity contribution in [3.63, 3.8) is 0 Å². The zero-order valence-electron chi connectivity index (χ0n) is 22.1. The van der Waals surface area contributed by atoms with Crippen molar-refractivity contribution < 1.29 is 16.8 Å². The average molecular weight is 569 g/mol. The van der Waals surface area contributed by atoms with E-state index in [2.05, 4.69) is 25.0 Å². The second-order valence-electron chi connectivity index (χ2n) is 10.8. The molecule has 1 aliphatic heterocycles. The summed E-state index contributed by atoms with van der Waals surface area (Å²) in [6, 6.07) is 18.4. The summed E-state index contributed by atoms with van der Waals surface area (Å²) in [5, 5.41) is 7.88. The SMILES string of the molecule is CC(C)(C)NS(=O)(=O)c1cccc(-c2ccc3cnc(Nc4ccc(CN5CCS(=O)(=O)CC5)cc4)nn23)c1. The molecule has 1 aliphatic rings. The van der Waals surface area contributed by atoms with E-state index in [1.54, 1.807) is 49.7 Å². The van der Waals surface area contributed by atoms with Gasteiger partial charge in [0.1, 0.15) is 0 Å². The summed E-state index contributed by atoms with van der Waals surface area (Å²) in [4.78, 5) is 6.75. The largest absolute Gasteiger partial charge is 0.323 e. The van der Waals surface area contributed by atoms with Gasteiger partial charge in [-0.2, -0.15) is 0 Å². The second-order valence-corrected chi connectivity index (χ2v) is 14.8. The number of sulfone groups is 1. The average Bonchev–Trinajstić information content (AvgIpc) is 3.28. The molecule has 3 heterocycles. The van der Waals surface area contributed by atoms with E-state index in [0.717, 1.165) is 22.5 Å². The van der Waals surface area contributed by atoms with E-state index in [1.807, 2.05) is 42.5 Å². The van der Waals surface area contributed by atoms with Crippen molar-refractivity contribution in [2.45, 2.75) is 37.8 Å². The van der Waals surface area contributed by atoms with Crippen molar-refractivity contribution in [2.24, 2.45) is 0 Å². The van der Waals surface area contributed by atoms with Crippen LogP contribution in [-0.4, -0.2) is 66.5 Å². The normalized spacial score (nSPS) is 16.4. The first kappa shape index (κ1) is 27.3. The topological polar surface area (TPSA) is 126 Å². The van der Waals surface area contributed by atoms with E-state index in [9.17, 15) is 16.8 Å². The fourth-order valence-electron chi connectivity index (χ4n) is 4.45. The van der Waals surface area contributed by atoms with Crippen LogP contribution >= 0.6 is 0 Å². The highest BCUT2D eigenvalue weighted by Crippen LogP contribution is 2.26. The highest BCUT2D eigenvalue weighted by atomic mass is 32.2. The molecule has 1 saturated heterocycles. The predicted molar refractivity (Wildman–Crippen MR) is 152 cm³/mol. The maximum absolute atomic E-state index is 12.9. The number of rotatable bonds is 7. The Labute approximate surface area is 229 Å². The zero-order chi connectivity index (χ0) is 27.8. The van der Waals surface area contributed by atoms with E-state index in [0.29, 0.717) is 31.1 Å². The molecule has 0 amide bonds. The van der Waals surface area contributed by atoms with Crippen LogP contribution < -0.4 is 10.0 Å². The molecule has 0 bridgehead atoms. The minimum atomic E-state index is -3.69. The number of anilines is 2. The Morgan fingerprint density at radius 1 is 0.974 bits per heavy atom. The molecular formula is C27H32N6O4S2. The van der Waals surface area contributed by atoms with Gasteiger partial charge in [0.15, 0.2) is 9.84 Å². The van der Waals surface area contributed by atoms with Crippen molar-refractivity contribution >= 4 is 37.0 Å². The van der Waals surface area contributed by atoms with Gasteiger partial charge in [0, 0.05) is 36.4 Å². The Kier molecular flexibility index (Phi) is 7.23. The van der Waals surface area contributed by atoms with E-state index in [-0.39, 0.29) is 16.4 Å². The number of aromatic nitrogens is 3. The summed E-state index contributed by atoms with van der Waals surface area (Å²) in [6.07, 6.45) is 1.71. The van der Waals surface area contributed by atoms with Crippen LogP contribution in [0.2, 0.25) is 0 Å². The molecule has 0 spiro atoms. The number of nitrogens with zero attached hydrogens (tertiary/aromatic N) is 4. The number of sulfonamides is 1. The lowest BCUT2D eigenvalue weighted by molar-refractivity contribution is 0.287. The molecule has 12 heteroatoms. The van der Waals surface area contributed by atoms with E-state index in [4.69, 9.17) is 0 Å². The fourth-order valence-corrected chi connectivity index (χ4v) is 7.19. The van der Waals surface area contributed by atoms with Crippen molar-refractivity contribution in [2.75, 3.05) is 29.9 Å². The van der Waals surface area contributed by atoms with Crippen molar-refractivity contribution in [1.82, 2.24) is 24.2 Å². The lowest BCUT2D eigenvalue weighted by Crippen LogP contribution is -2.40. The molecule has 2 aromatic carbocycles. The fraction of sp³-hybridized carbons (Fsp3) is 0.333.